The Hall–Kier alpha value is -1.46. The van der Waals surface area contributed by atoms with E-state index in [1.165, 1.54) is 63.9 Å². The second kappa shape index (κ2) is 31.6. The Bertz CT molecular complexity index is 1090. The highest BCUT2D eigenvalue weighted by molar-refractivity contribution is 7.80. The number of aliphatic hydroxyl groups is 5. The first kappa shape index (κ1) is 50.6. The third-order valence-corrected chi connectivity index (χ3v) is 10.3. The van der Waals surface area contributed by atoms with Crippen LogP contribution in [0.25, 0.3) is 0 Å². The normalized spacial score (nSPS) is 22.6. The van der Waals surface area contributed by atoms with Crippen molar-refractivity contribution in [2.45, 2.75) is 210 Å². The van der Waals surface area contributed by atoms with E-state index in [1.54, 1.807) is 6.08 Å². The molecule has 0 spiro atoms. The molecule has 7 N–H and O–H groups in total. The predicted molar refractivity (Wildman–Crippen MR) is 210 cm³/mol. The first-order valence-corrected chi connectivity index (χ1v) is 22.2. The number of allylic oxidation sites excluding steroid dienone is 3. The third-order valence-electron chi connectivity index (χ3n) is 9.83. The van der Waals surface area contributed by atoms with Gasteiger partial charge >= 0.3 is 10.4 Å². The second-order valence-corrected chi connectivity index (χ2v) is 15.8. The van der Waals surface area contributed by atoms with Crippen LogP contribution in [-0.4, -0.2) is 107 Å². The summed E-state index contributed by atoms with van der Waals surface area (Å²) in [6.07, 6.45) is 21.8. The van der Waals surface area contributed by atoms with Gasteiger partial charge in [0.2, 0.25) is 5.91 Å². The number of rotatable bonds is 34. The summed E-state index contributed by atoms with van der Waals surface area (Å²) in [6, 6.07) is -1.12. The number of ether oxygens (including phenoxy) is 2. The van der Waals surface area contributed by atoms with Crippen LogP contribution in [0.1, 0.15) is 162 Å². The molecule has 1 heterocycles. The minimum atomic E-state index is -5.11. The van der Waals surface area contributed by atoms with Crippen LogP contribution in [0.4, 0.5) is 0 Å². The van der Waals surface area contributed by atoms with Crippen molar-refractivity contribution < 1.29 is 57.0 Å². The third kappa shape index (κ3) is 24.2. The first-order chi connectivity index (χ1) is 25.9. The Kier molecular flexibility index (Phi) is 29.6. The van der Waals surface area contributed by atoms with Gasteiger partial charge in [0, 0.05) is 0 Å². The lowest BCUT2D eigenvalue weighted by Crippen LogP contribution is -2.61. The molecule has 13 nitrogen and oxygen atoms in total. The molecule has 1 aliphatic rings. The number of hydrogen-bond acceptors (Lipinski definition) is 11. The number of amides is 1. The SMILES string of the molecule is CCCCCC/C=C/C(O)C(COC1OC(CO)C(O)C(OS(=O)(=O)O)C1O)NC(=O)C(O)CCCCCCCC/C=C\CCCCCCCCCCC. The average molecular weight is 794 g/mol. The highest BCUT2D eigenvalue weighted by Gasteiger charge is 2.48. The zero-order chi connectivity index (χ0) is 40.0. The Morgan fingerprint density at radius 1 is 0.741 bits per heavy atom. The number of carbonyl (C=O) groups is 1. The molecule has 1 saturated heterocycles. The average Bonchev–Trinajstić information content (AvgIpc) is 3.14. The van der Waals surface area contributed by atoms with E-state index < -0.39 is 78.5 Å². The van der Waals surface area contributed by atoms with Gasteiger partial charge in [-0.25, -0.2) is 4.18 Å². The van der Waals surface area contributed by atoms with Gasteiger partial charge in [-0.2, -0.15) is 8.42 Å². The summed E-state index contributed by atoms with van der Waals surface area (Å²) >= 11 is 0. The van der Waals surface area contributed by atoms with Crippen LogP contribution in [0.2, 0.25) is 0 Å². The van der Waals surface area contributed by atoms with Gasteiger partial charge in [-0.1, -0.05) is 141 Å². The van der Waals surface area contributed by atoms with Gasteiger partial charge in [0.25, 0.3) is 0 Å². The molecule has 8 unspecified atom stereocenters. The van der Waals surface area contributed by atoms with Gasteiger partial charge in [-0.3, -0.25) is 9.35 Å². The van der Waals surface area contributed by atoms with Gasteiger partial charge in [0.1, 0.15) is 30.5 Å². The summed E-state index contributed by atoms with van der Waals surface area (Å²) in [5.41, 5.74) is 0. The van der Waals surface area contributed by atoms with Crippen LogP contribution in [0.15, 0.2) is 24.3 Å². The molecule has 0 aliphatic carbocycles. The van der Waals surface area contributed by atoms with Crippen molar-refractivity contribution in [1.82, 2.24) is 5.32 Å². The minimum absolute atomic E-state index is 0.236. The molecular formula is C40H75NO12S. The lowest BCUT2D eigenvalue weighted by molar-refractivity contribution is -0.298. The lowest BCUT2D eigenvalue weighted by atomic mass is 9.99. The van der Waals surface area contributed by atoms with E-state index in [2.05, 4.69) is 35.5 Å². The standard InChI is InChI=1S/C40H75NO12S/c1-3-5-7-9-11-12-13-14-15-16-17-18-19-20-21-22-23-25-27-29-34(44)39(47)41-32(33(43)28-26-24-10-8-6-4-2)31-51-40-37(46)38(53-54(48,49)50)36(45)35(30-42)52-40/h17-18,26,28,32-38,40,42-46H,3-16,19-25,27,29-31H2,1-2H3,(H,41,47)(H,48,49,50)/b18-17-,28-26+. The molecule has 1 fully saturated rings. The second-order valence-electron chi connectivity index (χ2n) is 14.7. The van der Waals surface area contributed by atoms with Gasteiger partial charge in [-0.15, -0.1) is 0 Å². The predicted octanol–water partition coefficient (Wildman–Crippen LogP) is 5.96. The maximum atomic E-state index is 13.0. The highest BCUT2D eigenvalue weighted by Crippen LogP contribution is 2.26. The Labute approximate surface area is 325 Å². The van der Waals surface area contributed by atoms with Crippen molar-refractivity contribution >= 4 is 16.3 Å². The molecule has 14 heteroatoms. The zero-order valence-corrected chi connectivity index (χ0v) is 34.0. The van der Waals surface area contributed by atoms with Crippen LogP contribution >= 0.6 is 0 Å². The van der Waals surface area contributed by atoms with E-state index in [4.69, 9.17) is 14.0 Å². The summed E-state index contributed by atoms with van der Waals surface area (Å²) in [4.78, 5) is 13.0. The van der Waals surface area contributed by atoms with Crippen molar-refractivity contribution in [2.75, 3.05) is 13.2 Å². The van der Waals surface area contributed by atoms with E-state index >= 15 is 0 Å². The highest BCUT2D eigenvalue weighted by atomic mass is 32.3. The molecule has 0 radical (unpaired) electrons. The quantitative estimate of drug-likeness (QED) is 0.0229. The van der Waals surface area contributed by atoms with Gasteiger partial charge in [-0.05, 0) is 44.9 Å². The Morgan fingerprint density at radius 3 is 1.74 bits per heavy atom. The minimum Gasteiger partial charge on any atom is -0.394 e. The Balaban J connectivity index is 2.49. The molecule has 0 aromatic heterocycles. The molecule has 54 heavy (non-hydrogen) atoms. The molecule has 1 amide bonds. The van der Waals surface area contributed by atoms with E-state index in [0.29, 0.717) is 12.8 Å². The Morgan fingerprint density at radius 2 is 1.22 bits per heavy atom. The number of nitrogens with one attached hydrogen (secondary N) is 1. The monoisotopic (exact) mass is 794 g/mol. The van der Waals surface area contributed by atoms with Crippen molar-refractivity contribution in [3.05, 3.63) is 24.3 Å². The molecule has 318 valence electrons. The fraction of sp³-hybridized carbons (Fsp3) is 0.875. The fourth-order valence-electron chi connectivity index (χ4n) is 6.45. The molecule has 8 atom stereocenters. The molecular weight excluding hydrogens is 719 g/mol. The number of carbonyl (C=O) groups excluding carboxylic acids is 1. The maximum Gasteiger partial charge on any atom is 0.397 e. The van der Waals surface area contributed by atoms with Crippen molar-refractivity contribution in [1.29, 1.82) is 0 Å². The first-order valence-electron chi connectivity index (χ1n) is 20.8. The van der Waals surface area contributed by atoms with E-state index in [-0.39, 0.29) is 6.42 Å². The summed E-state index contributed by atoms with van der Waals surface area (Å²) in [7, 11) is -5.11. The van der Waals surface area contributed by atoms with Crippen molar-refractivity contribution in [3.63, 3.8) is 0 Å². The molecule has 1 aliphatic heterocycles. The molecule has 1 rings (SSSR count). The van der Waals surface area contributed by atoms with Crippen molar-refractivity contribution in [2.24, 2.45) is 0 Å². The molecule has 0 bridgehead atoms. The van der Waals surface area contributed by atoms with Crippen LogP contribution in [0.5, 0.6) is 0 Å². The fourth-order valence-corrected chi connectivity index (χ4v) is 6.96. The van der Waals surface area contributed by atoms with Gasteiger partial charge in [0.05, 0.1) is 25.4 Å². The lowest BCUT2D eigenvalue weighted by Gasteiger charge is -2.41. The van der Waals surface area contributed by atoms with E-state index in [9.17, 15) is 38.7 Å². The zero-order valence-electron chi connectivity index (χ0n) is 33.1. The van der Waals surface area contributed by atoms with Crippen LogP contribution in [0.3, 0.4) is 0 Å². The van der Waals surface area contributed by atoms with Crippen LogP contribution < -0.4 is 5.32 Å². The van der Waals surface area contributed by atoms with Gasteiger partial charge in [0.15, 0.2) is 6.29 Å². The smallest absolute Gasteiger partial charge is 0.394 e. The summed E-state index contributed by atoms with van der Waals surface area (Å²) < 4.78 is 47.1. The number of hydrogen-bond donors (Lipinski definition) is 7. The number of unbranched alkanes of at least 4 members (excludes halogenated alkanes) is 19. The summed E-state index contributed by atoms with van der Waals surface area (Å²) in [6.45, 7) is 3.09. The maximum absolute atomic E-state index is 13.0. The largest absolute Gasteiger partial charge is 0.397 e. The molecule has 0 aromatic carbocycles. The van der Waals surface area contributed by atoms with Crippen molar-refractivity contribution in [3.8, 4) is 0 Å². The van der Waals surface area contributed by atoms with Gasteiger partial charge < -0.3 is 40.3 Å². The van der Waals surface area contributed by atoms with E-state index in [0.717, 1.165) is 70.6 Å². The van der Waals surface area contributed by atoms with Crippen LogP contribution in [-0.2, 0) is 28.9 Å². The van der Waals surface area contributed by atoms with E-state index in [1.807, 2.05) is 0 Å². The number of aliphatic hydroxyl groups excluding tert-OH is 5. The summed E-state index contributed by atoms with van der Waals surface area (Å²) in [5.74, 6) is -0.713. The molecule has 0 aromatic rings. The van der Waals surface area contributed by atoms with Crippen LogP contribution in [0, 0.1) is 0 Å². The topological polar surface area (TPSA) is 212 Å². The molecule has 0 saturated carbocycles. The summed E-state index contributed by atoms with van der Waals surface area (Å²) in [5, 5.41) is 54.7.